The number of anilines is 1. The Bertz CT molecular complexity index is 1100. The minimum atomic E-state index is -0.535. The first-order chi connectivity index (χ1) is 17.0. The number of rotatable bonds is 3. The monoisotopic (exact) mass is 551 g/mol. The largest absolute Gasteiger partial charge is 0.444 e. The van der Waals surface area contributed by atoms with E-state index in [0.717, 1.165) is 11.3 Å². The highest BCUT2D eigenvalue weighted by Crippen LogP contribution is 2.37. The molecule has 2 saturated heterocycles. The summed E-state index contributed by atoms with van der Waals surface area (Å²) in [5, 5.41) is 1.82. The molecule has 194 valence electrons. The molecule has 36 heavy (non-hydrogen) atoms. The fourth-order valence-corrected chi connectivity index (χ4v) is 5.49. The maximum Gasteiger partial charge on any atom is 0.410 e. The van der Waals surface area contributed by atoms with Crippen LogP contribution < -0.4 is 4.90 Å². The lowest BCUT2D eigenvalue weighted by Gasteiger charge is -2.45. The molecule has 0 aliphatic carbocycles. The van der Waals surface area contributed by atoms with E-state index in [1.165, 1.54) is 0 Å². The molecule has 2 fully saturated rings. The molecule has 2 aromatic rings. The van der Waals surface area contributed by atoms with E-state index in [-0.39, 0.29) is 24.0 Å². The predicted molar refractivity (Wildman–Crippen MR) is 145 cm³/mol. The van der Waals surface area contributed by atoms with Crippen LogP contribution in [-0.4, -0.2) is 60.1 Å². The summed E-state index contributed by atoms with van der Waals surface area (Å²) in [5.41, 5.74) is 1.41. The SMILES string of the molecule is CC(C)(C)OC(=O)N1CCC(C(=O)N2CCN(c3ccc(Cl)cc3Cl)[C@H](c3ccc(Cl)cc3)C2)CC1. The summed E-state index contributed by atoms with van der Waals surface area (Å²) in [6.07, 6.45) is 0.949. The van der Waals surface area contributed by atoms with Gasteiger partial charge in [0.05, 0.1) is 16.8 Å². The van der Waals surface area contributed by atoms with Gasteiger partial charge in [-0.1, -0.05) is 46.9 Å². The van der Waals surface area contributed by atoms with E-state index in [1.807, 2.05) is 62.1 Å². The summed E-state index contributed by atoms with van der Waals surface area (Å²) in [7, 11) is 0. The van der Waals surface area contributed by atoms with Crippen LogP contribution in [0, 0.1) is 5.92 Å². The highest BCUT2D eigenvalue weighted by Gasteiger charge is 2.36. The molecule has 4 rings (SSSR count). The molecule has 0 unspecified atom stereocenters. The molecule has 2 aromatic carbocycles. The molecule has 0 spiro atoms. The lowest BCUT2D eigenvalue weighted by atomic mass is 9.94. The fraction of sp³-hybridized carbons (Fsp3) is 0.481. The van der Waals surface area contributed by atoms with Gasteiger partial charge in [0.1, 0.15) is 5.60 Å². The van der Waals surface area contributed by atoms with Crippen molar-refractivity contribution in [3.05, 3.63) is 63.1 Å². The smallest absolute Gasteiger partial charge is 0.410 e. The molecule has 2 aliphatic heterocycles. The van der Waals surface area contributed by atoms with E-state index in [4.69, 9.17) is 39.5 Å². The van der Waals surface area contributed by atoms with Gasteiger partial charge in [-0.3, -0.25) is 4.79 Å². The summed E-state index contributed by atoms with van der Waals surface area (Å²) < 4.78 is 5.49. The van der Waals surface area contributed by atoms with Gasteiger partial charge in [-0.15, -0.1) is 0 Å². The molecular weight excluding hydrogens is 521 g/mol. The number of halogens is 3. The average molecular weight is 553 g/mol. The molecule has 2 amide bonds. The normalized spacial score (nSPS) is 19.4. The minimum Gasteiger partial charge on any atom is -0.444 e. The van der Waals surface area contributed by atoms with Gasteiger partial charge >= 0.3 is 6.09 Å². The number of hydrogen-bond acceptors (Lipinski definition) is 4. The van der Waals surface area contributed by atoms with Gasteiger partial charge in [-0.2, -0.15) is 0 Å². The lowest BCUT2D eigenvalue weighted by Crippen LogP contribution is -2.53. The van der Waals surface area contributed by atoms with Crippen LogP contribution in [0.15, 0.2) is 42.5 Å². The van der Waals surface area contributed by atoms with E-state index in [9.17, 15) is 9.59 Å². The van der Waals surface area contributed by atoms with Crippen LogP contribution in [0.2, 0.25) is 15.1 Å². The van der Waals surface area contributed by atoms with E-state index < -0.39 is 5.60 Å². The number of ether oxygens (including phenoxy) is 1. The van der Waals surface area contributed by atoms with E-state index in [2.05, 4.69) is 4.90 Å². The van der Waals surface area contributed by atoms with Crippen LogP contribution in [0.25, 0.3) is 0 Å². The van der Waals surface area contributed by atoms with Gasteiger partial charge in [0.2, 0.25) is 5.91 Å². The third kappa shape index (κ3) is 6.39. The maximum atomic E-state index is 13.6. The zero-order valence-corrected chi connectivity index (χ0v) is 23.1. The number of hydrogen-bond donors (Lipinski definition) is 0. The van der Waals surface area contributed by atoms with Crippen molar-refractivity contribution in [2.24, 2.45) is 5.92 Å². The molecule has 0 N–H and O–H groups in total. The molecule has 0 saturated carbocycles. The Morgan fingerprint density at radius 1 is 0.861 bits per heavy atom. The molecule has 0 bridgehead atoms. The van der Waals surface area contributed by atoms with Crippen molar-refractivity contribution in [1.29, 1.82) is 0 Å². The quantitative estimate of drug-likeness (QED) is 0.426. The number of piperidine rings is 1. The second-order valence-corrected chi connectivity index (χ2v) is 11.7. The summed E-state index contributed by atoms with van der Waals surface area (Å²) in [6, 6.07) is 13.1. The van der Waals surface area contributed by atoms with Crippen molar-refractivity contribution in [3.63, 3.8) is 0 Å². The first-order valence-corrected chi connectivity index (χ1v) is 13.4. The van der Waals surface area contributed by atoms with Crippen molar-refractivity contribution < 1.29 is 14.3 Å². The number of carbonyl (C=O) groups is 2. The average Bonchev–Trinajstić information content (AvgIpc) is 2.83. The van der Waals surface area contributed by atoms with Gasteiger partial charge in [0.25, 0.3) is 0 Å². The standard InChI is InChI=1S/C27H32Cl3N3O3/c1-27(2,3)36-26(35)31-12-10-19(11-13-31)25(34)32-14-15-33(23-9-8-21(29)16-22(23)30)24(17-32)18-4-6-20(28)7-5-18/h4-9,16,19,24H,10-15,17H2,1-3H3/t24-/m0/s1. The summed E-state index contributed by atoms with van der Waals surface area (Å²) >= 11 is 18.9. The van der Waals surface area contributed by atoms with Crippen LogP contribution in [0.5, 0.6) is 0 Å². The minimum absolute atomic E-state index is 0.0829. The van der Waals surface area contributed by atoms with Crippen molar-refractivity contribution in [1.82, 2.24) is 9.80 Å². The van der Waals surface area contributed by atoms with E-state index in [0.29, 0.717) is 60.6 Å². The molecule has 0 aromatic heterocycles. The first kappa shape index (κ1) is 26.9. The third-order valence-corrected chi connectivity index (χ3v) is 7.45. The predicted octanol–water partition coefficient (Wildman–Crippen LogP) is 6.68. The fourth-order valence-electron chi connectivity index (χ4n) is 4.85. The molecule has 9 heteroatoms. The second-order valence-electron chi connectivity index (χ2n) is 10.4. The van der Waals surface area contributed by atoms with Crippen LogP contribution in [0.4, 0.5) is 10.5 Å². The topological polar surface area (TPSA) is 53.1 Å². The number of likely N-dealkylation sites (tertiary alicyclic amines) is 1. The second kappa shape index (κ2) is 11.1. The Kier molecular flexibility index (Phi) is 8.28. The van der Waals surface area contributed by atoms with E-state index in [1.54, 1.807) is 11.0 Å². The Balaban J connectivity index is 1.47. The Hall–Kier alpha value is -2.15. The number of carbonyl (C=O) groups excluding carboxylic acids is 2. The lowest BCUT2D eigenvalue weighted by molar-refractivity contribution is -0.138. The molecule has 6 nitrogen and oxygen atoms in total. The first-order valence-electron chi connectivity index (χ1n) is 12.3. The summed E-state index contributed by atoms with van der Waals surface area (Å²) in [4.78, 5) is 31.8. The maximum absolute atomic E-state index is 13.6. The molecular formula is C27H32Cl3N3O3. The van der Waals surface area contributed by atoms with Crippen molar-refractivity contribution in [3.8, 4) is 0 Å². The number of nitrogens with zero attached hydrogens (tertiary/aromatic N) is 3. The molecule has 0 radical (unpaired) electrons. The molecule has 1 atom stereocenters. The van der Waals surface area contributed by atoms with Crippen LogP contribution in [0.1, 0.15) is 45.2 Å². The highest BCUT2D eigenvalue weighted by molar-refractivity contribution is 6.36. The van der Waals surface area contributed by atoms with Crippen molar-refractivity contribution >= 4 is 52.5 Å². The number of amides is 2. The van der Waals surface area contributed by atoms with Gasteiger partial charge in [0.15, 0.2) is 0 Å². The summed E-state index contributed by atoms with van der Waals surface area (Å²) in [5.74, 6) is 0.0277. The third-order valence-electron chi connectivity index (χ3n) is 6.66. The van der Waals surface area contributed by atoms with Crippen molar-refractivity contribution in [2.45, 2.75) is 45.3 Å². The summed E-state index contributed by atoms with van der Waals surface area (Å²) in [6.45, 7) is 8.37. The van der Waals surface area contributed by atoms with E-state index >= 15 is 0 Å². The zero-order valence-electron chi connectivity index (χ0n) is 20.8. The number of piperazine rings is 1. The van der Waals surface area contributed by atoms with Gasteiger partial charge in [-0.05, 0) is 69.5 Å². The highest BCUT2D eigenvalue weighted by atomic mass is 35.5. The van der Waals surface area contributed by atoms with Gasteiger partial charge in [0, 0.05) is 48.7 Å². The van der Waals surface area contributed by atoms with Crippen molar-refractivity contribution in [2.75, 3.05) is 37.6 Å². The Labute approximate surface area is 228 Å². The van der Waals surface area contributed by atoms with Gasteiger partial charge in [-0.25, -0.2) is 4.79 Å². The van der Waals surface area contributed by atoms with Crippen LogP contribution in [0.3, 0.4) is 0 Å². The number of benzene rings is 2. The van der Waals surface area contributed by atoms with Crippen LogP contribution >= 0.6 is 34.8 Å². The Morgan fingerprint density at radius 3 is 2.11 bits per heavy atom. The zero-order chi connectivity index (χ0) is 26.0. The molecule has 2 aliphatic rings. The van der Waals surface area contributed by atoms with Gasteiger partial charge < -0.3 is 19.4 Å². The van der Waals surface area contributed by atoms with Crippen LogP contribution in [-0.2, 0) is 9.53 Å². The molecule has 2 heterocycles. The Morgan fingerprint density at radius 2 is 1.50 bits per heavy atom.